The van der Waals surface area contributed by atoms with Gasteiger partial charge in [0.2, 0.25) is 5.88 Å². The van der Waals surface area contributed by atoms with E-state index in [1.165, 1.54) is 11.3 Å². The van der Waals surface area contributed by atoms with E-state index in [2.05, 4.69) is 15.2 Å². The lowest BCUT2D eigenvalue weighted by molar-refractivity contribution is 0.0634. The van der Waals surface area contributed by atoms with Crippen LogP contribution in [0.2, 0.25) is 0 Å². The second-order valence-electron chi connectivity index (χ2n) is 7.61. The molecule has 1 fully saturated rings. The first-order chi connectivity index (χ1) is 13.2. The van der Waals surface area contributed by atoms with Crippen LogP contribution < -0.4 is 4.74 Å². The zero-order valence-electron chi connectivity index (χ0n) is 15.4. The molecule has 3 aromatic rings. The number of rotatable bonds is 2. The molecule has 1 unspecified atom stereocenters. The molecule has 6 heteroatoms. The second-order valence-corrected chi connectivity index (χ2v) is 7.61. The molecular formula is C21H22N4O2. The molecule has 1 spiro atoms. The number of aromatic amines is 1. The van der Waals surface area contributed by atoms with Crippen LogP contribution >= 0.6 is 0 Å². The first-order valence-corrected chi connectivity index (χ1v) is 9.46. The number of carbonyl (C=O) groups is 1. The Morgan fingerprint density at radius 1 is 1.30 bits per heavy atom. The number of likely N-dealkylation sites (tertiary alicyclic amines) is 1. The fraction of sp³-hybridized carbons (Fsp3) is 0.381. The van der Waals surface area contributed by atoms with Gasteiger partial charge < -0.3 is 9.64 Å². The summed E-state index contributed by atoms with van der Waals surface area (Å²) in [4.78, 5) is 20.0. The quantitative estimate of drug-likeness (QED) is 0.760. The highest BCUT2D eigenvalue weighted by Gasteiger charge is 2.44. The number of methoxy groups -OCH3 is 1. The van der Waals surface area contributed by atoms with E-state index in [0.29, 0.717) is 11.4 Å². The minimum atomic E-state index is 0.0205. The van der Waals surface area contributed by atoms with E-state index < -0.39 is 0 Å². The SMILES string of the molecule is COc1cc(C(=O)N2CCCC3(CCc4cn[nH]c43)C2)c2ccccc2n1. The number of benzene rings is 1. The average molecular weight is 362 g/mol. The molecule has 0 saturated carbocycles. The number of para-hydroxylation sites is 1. The van der Waals surface area contributed by atoms with Gasteiger partial charge in [-0.1, -0.05) is 18.2 Å². The van der Waals surface area contributed by atoms with E-state index in [4.69, 9.17) is 4.74 Å². The summed E-state index contributed by atoms with van der Waals surface area (Å²) < 4.78 is 5.33. The van der Waals surface area contributed by atoms with Gasteiger partial charge in [-0.15, -0.1) is 0 Å². The normalized spacial score (nSPS) is 21.6. The molecule has 2 aliphatic rings. The number of amides is 1. The Hall–Kier alpha value is -2.89. The maximum Gasteiger partial charge on any atom is 0.254 e. The van der Waals surface area contributed by atoms with Gasteiger partial charge in [-0.2, -0.15) is 5.10 Å². The number of pyridine rings is 1. The Bertz CT molecular complexity index is 1030. The summed E-state index contributed by atoms with van der Waals surface area (Å²) in [5, 5.41) is 8.31. The molecule has 0 radical (unpaired) electrons. The highest BCUT2D eigenvalue weighted by atomic mass is 16.5. The Balaban J connectivity index is 1.52. The van der Waals surface area contributed by atoms with Gasteiger partial charge in [0.15, 0.2) is 0 Å². The molecule has 1 aliphatic carbocycles. The van der Waals surface area contributed by atoms with Crippen molar-refractivity contribution in [2.24, 2.45) is 0 Å². The molecule has 1 amide bonds. The van der Waals surface area contributed by atoms with Crippen molar-refractivity contribution in [2.75, 3.05) is 20.2 Å². The van der Waals surface area contributed by atoms with E-state index in [1.807, 2.05) is 35.4 Å². The van der Waals surface area contributed by atoms with Crippen LogP contribution in [0, 0.1) is 0 Å². The number of fused-ring (bicyclic) bond motifs is 3. The van der Waals surface area contributed by atoms with Crippen LogP contribution in [0.1, 0.15) is 40.9 Å². The van der Waals surface area contributed by atoms with Crippen LogP contribution in [-0.4, -0.2) is 46.2 Å². The molecule has 1 saturated heterocycles. The van der Waals surface area contributed by atoms with Gasteiger partial charge in [0.1, 0.15) is 0 Å². The zero-order chi connectivity index (χ0) is 18.4. The average Bonchev–Trinajstić information content (AvgIpc) is 3.31. The van der Waals surface area contributed by atoms with Crippen molar-refractivity contribution in [3.63, 3.8) is 0 Å². The fourth-order valence-corrected chi connectivity index (χ4v) is 4.77. The predicted octanol–water partition coefficient (Wildman–Crippen LogP) is 3.09. The number of piperidine rings is 1. The summed E-state index contributed by atoms with van der Waals surface area (Å²) in [7, 11) is 1.58. The van der Waals surface area contributed by atoms with Gasteiger partial charge in [0, 0.05) is 35.7 Å². The number of nitrogens with one attached hydrogen (secondary N) is 1. The minimum absolute atomic E-state index is 0.0205. The van der Waals surface area contributed by atoms with Crippen molar-refractivity contribution < 1.29 is 9.53 Å². The Morgan fingerprint density at radius 2 is 2.19 bits per heavy atom. The lowest BCUT2D eigenvalue weighted by atomic mass is 9.77. The van der Waals surface area contributed by atoms with Crippen molar-refractivity contribution in [2.45, 2.75) is 31.1 Å². The van der Waals surface area contributed by atoms with E-state index in [0.717, 1.165) is 49.7 Å². The van der Waals surface area contributed by atoms with Crippen molar-refractivity contribution in [3.8, 4) is 5.88 Å². The molecule has 27 heavy (non-hydrogen) atoms. The zero-order valence-corrected chi connectivity index (χ0v) is 15.4. The first-order valence-electron chi connectivity index (χ1n) is 9.46. The Kier molecular flexibility index (Phi) is 3.67. The number of aryl methyl sites for hydroxylation is 1. The maximum atomic E-state index is 13.5. The molecule has 138 valence electrons. The first kappa shape index (κ1) is 16.3. The van der Waals surface area contributed by atoms with Crippen molar-refractivity contribution in [1.29, 1.82) is 0 Å². The van der Waals surface area contributed by atoms with Crippen molar-refractivity contribution in [3.05, 3.63) is 53.3 Å². The molecular weight excluding hydrogens is 340 g/mol. The molecule has 2 aromatic heterocycles. The van der Waals surface area contributed by atoms with Gasteiger partial charge >= 0.3 is 0 Å². The van der Waals surface area contributed by atoms with Crippen molar-refractivity contribution >= 4 is 16.8 Å². The molecule has 0 bridgehead atoms. The number of ether oxygens (including phenoxy) is 1. The number of aromatic nitrogens is 3. The van der Waals surface area contributed by atoms with Gasteiger partial charge in [-0.3, -0.25) is 9.89 Å². The number of carbonyl (C=O) groups excluding carboxylic acids is 1. The lowest BCUT2D eigenvalue weighted by Crippen LogP contribution is -2.47. The topological polar surface area (TPSA) is 71.1 Å². The van der Waals surface area contributed by atoms with Crippen LogP contribution in [0.3, 0.4) is 0 Å². The van der Waals surface area contributed by atoms with Crippen LogP contribution in [0.25, 0.3) is 10.9 Å². The van der Waals surface area contributed by atoms with E-state index >= 15 is 0 Å². The fourth-order valence-electron chi connectivity index (χ4n) is 4.77. The third-order valence-corrected chi connectivity index (χ3v) is 6.12. The van der Waals surface area contributed by atoms with Gasteiger partial charge in [0.05, 0.1) is 24.4 Å². The maximum absolute atomic E-state index is 13.5. The Labute approximate surface area is 157 Å². The summed E-state index contributed by atoms with van der Waals surface area (Å²) >= 11 is 0. The second kappa shape index (κ2) is 6.08. The van der Waals surface area contributed by atoms with Crippen LogP contribution in [-0.2, 0) is 11.8 Å². The molecule has 1 aliphatic heterocycles. The van der Waals surface area contributed by atoms with Crippen LogP contribution in [0.4, 0.5) is 0 Å². The summed E-state index contributed by atoms with van der Waals surface area (Å²) in [5.41, 5.74) is 4.01. The molecule has 6 nitrogen and oxygen atoms in total. The summed E-state index contributed by atoms with van der Waals surface area (Å²) in [6.45, 7) is 1.52. The molecule has 1 N–H and O–H groups in total. The Morgan fingerprint density at radius 3 is 3.07 bits per heavy atom. The molecule has 1 atom stereocenters. The van der Waals surface area contributed by atoms with Crippen LogP contribution in [0.5, 0.6) is 5.88 Å². The minimum Gasteiger partial charge on any atom is -0.481 e. The number of hydrogen-bond acceptors (Lipinski definition) is 4. The van der Waals surface area contributed by atoms with E-state index in [-0.39, 0.29) is 11.3 Å². The highest BCUT2D eigenvalue weighted by Crippen LogP contribution is 2.44. The third kappa shape index (κ3) is 2.51. The largest absolute Gasteiger partial charge is 0.481 e. The number of hydrogen-bond donors (Lipinski definition) is 1. The predicted molar refractivity (Wildman–Crippen MR) is 102 cm³/mol. The van der Waals surface area contributed by atoms with Crippen molar-refractivity contribution in [1.82, 2.24) is 20.1 Å². The third-order valence-electron chi connectivity index (χ3n) is 6.12. The monoisotopic (exact) mass is 362 g/mol. The number of nitrogens with zero attached hydrogens (tertiary/aromatic N) is 3. The summed E-state index contributed by atoms with van der Waals surface area (Å²) in [5.74, 6) is 0.527. The van der Waals surface area contributed by atoms with Gasteiger partial charge in [0.25, 0.3) is 5.91 Å². The van der Waals surface area contributed by atoms with E-state index in [9.17, 15) is 4.79 Å². The van der Waals surface area contributed by atoms with Gasteiger partial charge in [-0.05, 0) is 37.3 Å². The number of H-pyrrole nitrogens is 1. The summed E-state index contributed by atoms with van der Waals surface area (Å²) in [6.07, 6.45) is 6.17. The molecule has 1 aromatic carbocycles. The lowest BCUT2D eigenvalue weighted by Gasteiger charge is -2.40. The highest BCUT2D eigenvalue weighted by molar-refractivity contribution is 6.06. The summed E-state index contributed by atoms with van der Waals surface area (Å²) in [6, 6.07) is 9.51. The van der Waals surface area contributed by atoms with Crippen LogP contribution in [0.15, 0.2) is 36.5 Å². The van der Waals surface area contributed by atoms with Gasteiger partial charge in [-0.25, -0.2) is 4.98 Å². The van der Waals surface area contributed by atoms with E-state index in [1.54, 1.807) is 13.2 Å². The smallest absolute Gasteiger partial charge is 0.254 e. The standard InChI is InChI=1S/C21H22N4O2/c1-27-18-11-16(15-5-2-3-6-17(15)23-18)20(26)25-10-4-8-21(13-25)9-7-14-12-22-24-19(14)21/h2-3,5-6,11-12H,4,7-10,13H2,1H3,(H,22,24). The molecule has 3 heterocycles. The molecule has 5 rings (SSSR count).